The summed E-state index contributed by atoms with van der Waals surface area (Å²) in [6.45, 7) is 3.53. The van der Waals surface area contributed by atoms with Crippen LogP contribution in [0.25, 0.3) is 0 Å². The number of carbonyl (C=O) groups excluding carboxylic acids is 2. The molecule has 2 atom stereocenters. The molecular weight excluding hydrogens is 340 g/mol. The van der Waals surface area contributed by atoms with Crippen molar-refractivity contribution < 1.29 is 14.7 Å². The van der Waals surface area contributed by atoms with E-state index in [1.807, 2.05) is 35.2 Å². The molecule has 148 valence electrons. The number of aliphatic hydroxyl groups is 1. The number of hydrogen-bond donors (Lipinski definition) is 2. The van der Waals surface area contributed by atoms with E-state index in [0.29, 0.717) is 19.3 Å². The lowest BCUT2D eigenvalue weighted by atomic mass is 9.87. The molecule has 2 N–H and O–H groups in total. The van der Waals surface area contributed by atoms with Crippen LogP contribution in [-0.2, 0) is 16.0 Å². The van der Waals surface area contributed by atoms with Gasteiger partial charge in [-0.2, -0.15) is 0 Å². The molecule has 5 heteroatoms. The van der Waals surface area contributed by atoms with Crippen molar-refractivity contribution in [2.75, 3.05) is 13.1 Å². The normalized spacial score (nSPS) is 24.7. The highest BCUT2D eigenvalue weighted by molar-refractivity contribution is 5.80. The highest BCUT2D eigenvalue weighted by atomic mass is 16.3. The van der Waals surface area contributed by atoms with Crippen LogP contribution in [0.3, 0.4) is 0 Å². The van der Waals surface area contributed by atoms with Crippen LogP contribution in [0.4, 0.5) is 0 Å². The molecule has 0 bridgehead atoms. The monoisotopic (exact) mass is 372 g/mol. The van der Waals surface area contributed by atoms with Crippen LogP contribution < -0.4 is 5.32 Å². The predicted molar refractivity (Wildman–Crippen MR) is 105 cm³/mol. The van der Waals surface area contributed by atoms with Crippen LogP contribution >= 0.6 is 0 Å². The highest BCUT2D eigenvalue weighted by Crippen LogP contribution is 2.30. The second-order valence-electron chi connectivity index (χ2n) is 8.16. The molecular formula is C22H32N2O3. The first kappa shape index (κ1) is 19.9. The lowest BCUT2D eigenvalue weighted by molar-refractivity contribution is -0.133. The maximum absolute atomic E-state index is 12.6. The zero-order chi connectivity index (χ0) is 19.3. The zero-order valence-electron chi connectivity index (χ0n) is 16.3. The molecule has 1 aromatic carbocycles. The Hall–Kier alpha value is -1.88. The molecule has 3 rings (SSSR count). The second-order valence-corrected chi connectivity index (χ2v) is 8.16. The van der Waals surface area contributed by atoms with Gasteiger partial charge in [0.05, 0.1) is 6.10 Å². The average Bonchev–Trinajstić information content (AvgIpc) is 3.08. The summed E-state index contributed by atoms with van der Waals surface area (Å²) < 4.78 is 0. The molecule has 2 aliphatic rings. The van der Waals surface area contributed by atoms with Crippen molar-refractivity contribution in [1.82, 2.24) is 10.2 Å². The van der Waals surface area contributed by atoms with Crippen molar-refractivity contribution in [2.45, 2.75) is 69.9 Å². The summed E-state index contributed by atoms with van der Waals surface area (Å²) in [5.74, 6) is 0.544. The number of rotatable bonds is 7. The van der Waals surface area contributed by atoms with Crippen LogP contribution in [0, 0.1) is 5.92 Å². The summed E-state index contributed by atoms with van der Waals surface area (Å²) >= 11 is 0. The lowest BCUT2D eigenvalue weighted by Gasteiger charge is -2.35. The third kappa shape index (κ3) is 5.10. The Morgan fingerprint density at radius 3 is 2.59 bits per heavy atom. The molecule has 5 nitrogen and oxygen atoms in total. The van der Waals surface area contributed by atoms with Crippen LogP contribution in [0.2, 0.25) is 0 Å². The molecule has 0 aromatic heterocycles. The fraction of sp³-hybridized carbons (Fsp3) is 0.636. The molecule has 0 aliphatic carbocycles. The van der Waals surface area contributed by atoms with Gasteiger partial charge in [-0.3, -0.25) is 9.59 Å². The SMILES string of the molecule is CC[C@]1(CCC(=O)N2CCC([C@H](O)Cc3ccccc3)CC2)CCC(=O)N1. The zero-order valence-corrected chi connectivity index (χ0v) is 16.3. The van der Waals surface area contributed by atoms with E-state index in [0.717, 1.165) is 50.8 Å². The minimum atomic E-state index is -0.346. The number of carbonyl (C=O) groups is 2. The van der Waals surface area contributed by atoms with Crippen LogP contribution in [-0.4, -0.2) is 46.6 Å². The molecule has 2 aliphatic heterocycles. The van der Waals surface area contributed by atoms with Crippen molar-refractivity contribution in [1.29, 1.82) is 0 Å². The van der Waals surface area contributed by atoms with Gasteiger partial charge in [0.2, 0.25) is 11.8 Å². The van der Waals surface area contributed by atoms with Crippen molar-refractivity contribution in [3.05, 3.63) is 35.9 Å². The van der Waals surface area contributed by atoms with E-state index < -0.39 is 0 Å². The van der Waals surface area contributed by atoms with Gasteiger partial charge in [0.1, 0.15) is 0 Å². The fourth-order valence-corrected chi connectivity index (χ4v) is 4.46. The Bertz CT molecular complexity index is 640. The van der Waals surface area contributed by atoms with Gasteiger partial charge in [0, 0.05) is 31.5 Å². The molecule has 1 aromatic rings. The van der Waals surface area contributed by atoms with Gasteiger partial charge >= 0.3 is 0 Å². The molecule has 0 spiro atoms. The van der Waals surface area contributed by atoms with Gasteiger partial charge in [-0.15, -0.1) is 0 Å². The molecule has 2 fully saturated rings. The van der Waals surface area contributed by atoms with Crippen LogP contribution in [0.1, 0.15) is 57.4 Å². The Balaban J connectivity index is 1.43. The Labute approximate surface area is 162 Å². The van der Waals surface area contributed by atoms with Gasteiger partial charge in [0.25, 0.3) is 0 Å². The van der Waals surface area contributed by atoms with Gasteiger partial charge in [-0.25, -0.2) is 0 Å². The molecule has 2 heterocycles. The first-order valence-corrected chi connectivity index (χ1v) is 10.3. The first-order valence-electron chi connectivity index (χ1n) is 10.3. The van der Waals surface area contributed by atoms with E-state index in [4.69, 9.17) is 0 Å². The number of amides is 2. The van der Waals surface area contributed by atoms with Gasteiger partial charge in [0.15, 0.2) is 0 Å². The maximum Gasteiger partial charge on any atom is 0.222 e. The standard InChI is InChI=1S/C22H32N2O3/c1-2-22(12-8-20(26)23-22)13-9-21(27)24-14-10-18(11-15-24)19(25)16-17-6-4-3-5-7-17/h3-7,18-19,25H,2,8-16H2,1H3,(H,23,26)/t19-,22-/m1/s1. The van der Waals surface area contributed by atoms with Crippen LogP contribution in [0.5, 0.6) is 0 Å². The van der Waals surface area contributed by atoms with Crippen molar-refractivity contribution in [3.63, 3.8) is 0 Å². The predicted octanol–water partition coefficient (Wildman–Crippen LogP) is 2.67. The van der Waals surface area contributed by atoms with Gasteiger partial charge < -0.3 is 15.3 Å². The summed E-state index contributed by atoms with van der Waals surface area (Å²) in [6.07, 6.45) is 5.55. The Morgan fingerprint density at radius 2 is 2.00 bits per heavy atom. The number of aliphatic hydroxyl groups excluding tert-OH is 1. The van der Waals surface area contributed by atoms with Gasteiger partial charge in [-0.1, -0.05) is 37.3 Å². The van der Waals surface area contributed by atoms with E-state index >= 15 is 0 Å². The van der Waals surface area contributed by atoms with Crippen molar-refractivity contribution >= 4 is 11.8 Å². The summed E-state index contributed by atoms with van der Waals surface area (Å²) in [7, 11) is 0. The summed E-state index contributed by atoms with van der Waals surface area (Å²) in [6, 6.07) is 10.1. The third-order valence-electron chi connectivity index (χ3n) is 6.45. The van der Waals surface area contributed by atoms with E-state index in [9.17, 15) is 14.7 Å². The summed E-state index contributed by atoms with van der Waals surface area (Å²) in [5.41, 5.74) is 0.976. The quantitative estimate of drug-likeness (QED) is 0.773. The van der Waals surface area contributed by atoms with Crippen LogP contribution in [0.15, 0.2) is 30.3 Å². The molecule has 0 radical (unpaired) electrons. The minimum Gasteiger partial charge on any atom is -0.392 e. The number of likely N-dealkylation sites (tertiary alicyclic amines) is 1. The Kier molecular flexibility index (Phi) is 6.53. The highest BCUT2D eigenvalue weighted by Gasteiger charge is 2.36. The Morgan fingerprint density at radius 1 is 1.30 bits per heavy atom. The smallest absolute Gasteiger partial charge is 0.222 e. The fourth-order valence-electron chi connectivity index (χ4n) is 4.46. The number of benzene rings is 1. The molecule has 2 saturated heterocycles. The lowest BCUT2D eigenvalue weighted by Crippen LogP contribution is -2.44. The topological polar surface area (TPSA) is 69.6 Å². The number of hydrogen-bond acceptors (Lipinski definition) is 3. The van der Waals surface area contributed by atoms with E-state index in [2.05, 4.69) is 12.2 Å². The van der Waals surface area contributed by atoms with Crippen molar-refractivity contribution in [3.8, 4) is 0 Å². The molecule has 0 unspecified atom stereocenters. The second kappa shape index (κ2) is 8.87. The van der Waals surface area contributed by atoms with E-state index in [1.165, 1.54) is 0 Å². The van der Waals surface area contributed by atoms with Crippen molar-refractivity contribution in [2.24, 2.45) is 5.92 Å². The minimum absolute atomic E-state index is 0.109. The number of nitrogens with zero attached hydrogens (tertiary/aromatic N) is 1. The van der Waals surface area contributed by atoms with Gasteiger partial charge in [-0.05, 0) is 50.0 Å². The molecule has 0 saturated carbocycles. The number of nitrogens with one attached hydrogen (secondary N) is 1. The molecule has 27 heavy (non-hydrogen) atoms. The van der Waals surface area contributed by atoms with E-state index in [1.54, 1.807) is 0 Å². The first-order chi connectivity index (χ1) is 13.0. The number of piperidine rings is 1. The van der Waals surface area contributed by atoms with E-state index in [-0.39, 0.29) is 29.4 Å². The molecule has 2 amide bonds. The third-order valence-corrected chi connectivity index (χ3v) is 6.45. The summed E-state index contributed by atoms with van der Waals surface area (Å²) in [5, 5.41) is 13.6. The largest absolute Gasteiger partial charge is 0.392 e. The average molecular weight is 373 g/mol. The maximum atomic E-state index is 12.6. The summed E-state index contributed by atoms with van der Waals surface area (Å²) in [4.78, 5) is 26.1.